The van der Waals surface area contributed by atoms with Crippen molar-refractivity contribution < 1.29 is 18.7 Å². The smallest absolute Gasteiger partial charge is 0.307 e. The number of halogens is 1. The van der Waals surface area contributed by atoms with E-state index < -0.39 is 5.91 Å². The molecule has 7 heteroatoms. The molecule has 0 radical (unpaired) electrons. The molecule has 0 fully saturated rings. The second-order valence-corrected chi connectivity index (χ2v) is 5.86. The summed E-state index contributed by atoms with van der Waals surface area (Å²) in [6, 6.07) is 17.6. The molecule has 27 heavy (non-hydrogen) atoms. The van der Waals surface area contributed by atoms with Crippen LogP contribution < -0.4 is 14.9 Å². The van der Waals surface area contributed by atoms with E-state index in [9.17, 15) is 4.79 Å². The number of nitrogens with zero attached hydrogens (tertiary/aromatic N) is 1. The number of benzene rings is 2. The van der Waals surface area contributed by atoms with Gasteiger partial charge in [0.2, 0.25) is 0 Å². The van der Waals surface area contributed by atoms with Crippen LogP contribution in [0.15, 0.2) is 70.2 Å². The number of nitrogens with one attached hydrogen (secondary N) is 1. The fraction of sp³-hybridized carbons (Fsp3) is 0.100. The van der Waals surface area contributed by atoms with Gasteiger partial charge in [-0.2, -0.15) is 5.10 Å². The van der Waals surface area contributed by atoms with E-state index in [1.165, 1.54) is 6.21 Å². The van der Waals surface area contributed by atoms with Crippen molar-refractivity contribution >= 4 is 23.7 Å². The van der Waals surface area contributed by atoms with E-state index >= 15 is 0 Å². The van der Waals surface area contributed by atoms with Gasteiger partial charge < -0.3 is 13.9 Å². The SMILES string of the molecule is COc1ccc(/C=N\NC(=O)c2ccc(COc3ccccc3Cl)o2)cc1. The molecule has 138 valence electrons. The Morgan fingerprint density at radius 2 is 1.93 bits per heavy atom. The average molecular weight is 385 g/mol. The first-order valence-electron chi connectivity index (χ1n) is 8.09. The van der Waals surface area contributed by atoms with Crippen LogP contribution in [0.2, 0.25) is 5.02 Å². The van der Waals surface area contributed by atoms with Crippen molar-refractivity contribution in [3.8, 4) is 11.5 Å². The van der Waals surface area contributed by atoms with Crippen LogP contribution in [0.1, 0.15) is 21.9 Å². The molecule has 1 aromatic heterocycles. The van der Waals surface area contributed by atoms with Crippen LogP contribution in [-0.2, 0) is 6.61 Å². The Bertz CT molecular complexity index is 935. The van der Waals surface area contributed by atoms with Crippen molar-refractivity contribution in [3.63, 3.8) is 0 Å². The van der Waals surface area contributed by atoms with Gasteiger partial charge in [0.05, 0.1) is 18.3 Å². The molecule has 0 atom stereocenters. The minimum atomic E-state index is -0.455. The van der Waals surface area contributed by atoms with E-state index in [2.05, 4.69) is 10.5 Å². The molecule has 3 rings (SSSR count). The molecule has 0 aliphatic carbocycles. The number of methoxy groups -OCH3 is 1. The second-order valence-electron chi connectivity index (χ2n) is 5.46. The van der Waals surface area contributed by atoms with Crippen LogP contribution in [0.5, 0.6) is 11.5 Å². The van der Waals surface area contributed by atoms with Crippen molar-refractivity contribution in [2.45, 2.75) is 6.61 Å². The monoisotopic (exact) mass is 384 g/mol. The molecule has 0 bridgehead atoms. The summed E-state index contributed by atoms with van der Waals surface area (Å²) < 4.78 is 16.1. The number of carbonyl (C=O) groups excluding carboxylic acids is 1. The highest BCUT2D eigenvalue weighted by molar-refractivity contribution is 6.32. The highest BCUT2D eigenvalue weighted by Crippen LogP contribution is 2.24. The maximum atomic E-state index is 12.1. The second kappa shape index (κ2) is 8.91. The zero-order valence-corrected chi connectivity index (χ0v) is 15.3. The highest BCUT2D eigenvalue weighted by atomic mass is 35.5. The molecular formula is C20H17ClN2O4. The van der Waals surface area contributed by atoms with Crippen LogP contribution >= 0.6 is 11.6 Å². The number of rotatable bonds is 7. The van der Waals surface area contributed by atoms with Gasteiger partial charge in [0.1, 0.15) is 23.9 Å². The van der Waals surface area contributed by atoms with Gasteiger partial charge in [-0.3, -0.25) is 4.79 Å². The molecule has 0 unspecified atom stereocenters. The minimum absolute atomic E-state index is 0.139. The van der Waals surface area contributed by atoms with Crippen molar-refractivity contribution in [3.05, 3.63) is 82.8 Å². The summed E-state index contributed by atoms with van der Waals surface area (Å²) in [4.78, 5) is 12.1. The third-order valence-electron chi connectivity index (χ3n) is 3.59. The van der Waals surface area contributed by atoms with E-state index in [4.69, 9.17) is 25.5 Å². The lowest BCUT2D eigenvalue weighted by molar-refractivity contribution is 0.0923. The van der Waals surface area contributed by atoms with Crippen molar-refractivity contribution in [2.75, 3.05) is 7.11 Å². The molecule has 0 aliphatic rings. The standard InChI is InChI=1S/C20H17ClN2O4/c1-25-15-8-6-14(7-9-15)12-22-23-20(24)19-11-10-16(27-19)13-26-18-5-3-2-4-17(18)21/h2-12H,13H2,1H3,(H,23,24)/b22-12-. The number of furan rings is 1. The molecular weight excluding hydrogens is 368 g/mol. The normalized spacial score (nSPS) is 10.7. The summed E-state index contributed by atoms with van der Waals surface area (Å²) in [7, 11) is 1.60. The van der Waals surface area contributed by atoms with Crippen LogP contribution in [0, 0.1) is 0 Å². The van der Waals surface area contributed by atoms with E-state index in [-0.39, 0.29) is 12.4 Å². The zero-order valence-electron chi connectivity index (χ0n) is 14.5. The molecule has 1 N–H and O–H groups in total. The van der Waals surface area contributed by atoms with E-state index in [0.29, 0.717) is 16.5 Å². The molecule has 2 aromatic carbocycles. The Kier molecular flexibility index (Phi) is 6.12. The van der Waals surface area contributed by atoms with Crippen molar-refractivity contribution in [1.82, 2.24) is 5.43 Å². The Labute approximate surface area is 161 Å². The lowest BCUT2D eigenvalue weighted by Crippen LogP contribution is -2.16. The third-order valence-corrected chi connectivity index (χ3v) is 3.90. The third kappa shape index (κ3) is 5.12. The van der Waals surface area contributed by atoms with Crippen LogP contribution in [-0.4, -0.2) is 19.2 Å². The van der Waals surface area contributed by atoms with E-state index in [1.54, 1.807) is 43.5 Å². The summed E-state index contributed by atoms with van der Waals surface area (Å²) in [5, 5.41) is 4.42. The lowest BCUT2D eigenvalue weighted by atomic mass is 10.2. The molecule has 1 amide bonds. The maximum Gasteiger partial charge on any atom is 0.307 e. The van der Waals surface area contributed by atoms with Gasteiger partial charge in [-0.25, -0.2) is 5.43 Å². The number of amides is 1. The Balaban J connectivity index is 1.53. The van der Waals surface area contributed by atoms with Gasteiger partial charge in [0, 0.05) is 0 Å². The predicted octanol–water partition coefficient (Wildman–Crippen LogP) is 4.28. The fourth-order valence-electron chi connectivity index (χ4n) is 2.20. The van der Waals surface area contributed by atoms with Gasteiger partial charge in [0.25, 0.3) is 0 Å². The van der Waals surface area contributed by atoms with Gasteiger partial charge in [-0.05, 0) is 54.1 Å². The number of hydrogen-bond acceptors (Lipinski definition) is 5. The largest absolute Gasteiger partial charge is 0.497 e. The quantitative estimate of drug-likeness (QED) is 0.487. The zero-order chi connectivity index (χ0) is 19.1. The topological polar surface area (TPSA) is 73.1 Å². The number of carbonyl (C=O) groups is 1. The number of hydrogen-bond donors (Lipinski definition) is 1. The van der Waals surface area contributed by atoms with Crippen LogP contribution in [0.25, 0.3) is 0 Å². The van der Waals surface area contributed by atoms with Gasteiger partial charge in [-0.1, -0.05) is 23.7 Å². The Morgan fingerprint density at radius 1 is 1.15 bits per heavy atom. The molecule has 3 aromatic rings. The summed E-state index contributed by atoms with van der Waals surface area (Å²) in [6.45, 7) is 0.159. The molecule has 0 saturated carbocycles. The summed E-state index contributed by atoms with van der Waals surface area (Å²) in [5.41, 5.74) is 3.24. The Hall–Kier alpha value is -3.25. The number of ether oxygens (including phenoxy) is 2. The first-order valence-corrected chi connectivity index (χ1v) is 8.47. The fourth-order valence-corrected chi connectivity index (χ4v) is 2.39. The summed E-state index contributed by atoms with van der Waals surface area (Å²) in [6.07, 6.45) is 1.53. The maximum absolute atomic E-state index is 12.1. The average Bonchev–Trinajstić information content (AvgIpc) is 3.17. The molecule has 1 heterocycles. The van der Waals surface area contributed by atoms with E-state index in [0.717, 1.165) is 11.3 Å². The summed E-state index contributed by atoms with van der Waals surface area (Å²) >= 11 is 6.03. The van der Waals surface area contributed by atoms with E-state index in [1.807, 2.05) is 24.3 Å². The number of hydrazone groups is 1. The summed E-state index contributed by atoms with van der Waals surface area (Å²) in [5.74, 6) is 1.48. The lowest BCUT2D eigenvalue weighted by Gasteiger charge is -2.05. The molecule has 0 aliphatic heterocycles. The van der Waals surface area contributed by atoms with Gasteiger partial charge >= 0.3 is 5.91 Å². The van der Waals surface area contributed by atoms with Crippen LogP contribution in [0.3, 0.4) is 0 Å². The Morgan fingerprint density at radius 3 is 2.67 bits per heavy atom. The van der Waals surface area contributed by atoms with Crippen molar-refractivity contribution in [1.29, 1.82) is 0 Å². The molecule has 0 saturated heterocycles. The highest BCUT2D eigenvalue weighted by Gasteiger charge is 2.11. The first kappa shape index (κ1) is 18.5. The predicted molar refractivity (Wildman–Crippen MR) is 103 cm³/mol. The van der Waals surface area contributed by atoms with Gasteiger partial charge in [-0.15, -0.1) is 0 Å². The molecule has 0 spiro atoms. The van der Waals surface area contributed by atoms with Crippen LogP contribution in [0.4, 0.5) is 0 Å². The minimum Gasteiger partial charge on any atom is -0.497 e. The van der Waals surface area contributed by atoms with Gasteiger partial charge in [0.15, 0.2) is 5.76 Å². The first-order chi connectivity index (χ1) is 13.2. The molecule has 6 nitrogen and oxygen atoms in total. The number of para-hydroxylation sites is 1. The van der Waals surface area contributed by atoms with Crippen molar-refractivity contribution in [2.24, 2.45) is 5.10 Å².